The van der Waals surface area contributed by atoms with E-state index in [0.29, 0.717) is 11.6 Å². The van der Waals surface area contributed by atoms with Crippen LogP contribution < -0.4 is 4.90 Å². The quantitative estimate of drug-likeness (QED) is 0.482. The Morgan fingerprint density at radius 2 is 2.07 bits per heavy atom. The monoisotopic (exact) mass is 461 g/mol. The molecule has 1 aliphatic rings. The second-order valence-corrected chi connectivity index (χ2v) is 9.39. The number of hydrogen-bond acceptors (Lipinski definition) is 6. The molecule has 1 amide bonds. The number of morpholine rings is 1. The summed E-state index contributed by atoms with van der Waals surface area (Å²) in [6, 6.07) is 13.8. The summed E-state index contributed by atoms with van der Waals surface area (Å²) >= 11 is 9.58. The molecule has 30 heavy (non-hydrogen) atoms. The Bertz CT molecular complexity index is 1020. The Kier molecular flexibility index (Phi) is 7.28. The zero-order chi connectivity index (χ0) is 20.9. The van der Waals surface area contributed by atoms with Crippen LogP contribution in [-0.2, 0) is 16.0 Å². The van der Waals surface area contributed by atoms with Crippen LogP contribution in [0.5, 0.6) is 0 Å². The van der Waals surface area contributed by atoms with Crippen LogP contribution in [0, 0.1) is 0 Å². The van der Waals surface area contributed by atoms with Gasteiger partial charge in [0.25, 0.3) is 0 Å². The third-order valence-corrected chi connectivity index (χ3v) is 7.29. The van der Waals surface area contributed by atoms with Crippen molar-refractivity contribution in [2.75, 3.05) is 50.5 Å². The summed E-state index contributed by atoms with van der Waals surface area (Å²) in [5.74, 6) is 0.0144. The summed E-state index contributed by atoms with van der Waals surface area (Å²) in [6.45, 7) is 4.66. The molecule has 0 unspecified atom stereocenters. The largest absolute Gasteiger partial charge is 0.379 e. The number of ether oxygens (including phenoxy) is 1. The van der Waals surface area contributed by atoms with Crippen LogP contribution in [0.2, 0.25) is 5.02 Å². The van der Waals surface area contributed by atoms with Crippen molar-refractivity contribution in [1.29, 1.82) is 0 Å². The van der Waals surface area contributed by atoms with Gasteiger partial charge < -0.3 is 4.74 Å². The predicted octanol–water partition coefficient (Wildman–Crippen LogP) is 4.58. The Balaban J connectivity index is 1.58. The Morgan fingerprint density at radius 3 is 2.83 bits per heavy atom. The lowest BCUT2D eigenvalue weighted by Gasteiger charge is -2.29. The maximum absolute atomic E-state index is 13.3. The van der Waals surface area contributed by atoms with Gasteiger partial charge in [-0.2, -0.15) is 0 Å². The highest BCUT2D eigenvalue weighted by Crippen LogP contribution is 2.32. The van der Waals surface area contributed by atoms with Gasteiger partial charge in [0.1, 0.15) is 0 Å². The number of fused-ring (bicyclic) bond motifs is 1. The van der Waals surface area contributed by atoms with E-state index in [4.69, 9.17) is 21.3 Å². The highest BCUT2D eigenvalue weighted by molar-refractivity contribution is 7.98. The maximum Gasteiger partial charge on any atom is 0.233 e. The number of thioether (sulfide) groups is 1. The van der Waals surface area contributed by atoms with E-state index in [-0.39, 0.29) is 12.3 Å². The molecular weight excluding hydrogens is 438 g/mol. The zero-order valence-corrected chi connectivity index (χ0v) is 19.2. The molecule has 0 N–H and O–H groups in total. The van der Waals surface area contributed by atoms with Crippen molar-refractivity contribution < 1.29 is 9.53 Å². The standard InChI is InChI=1S/C22H24ClN3O2S2/c1-29-17-6-7-19-20(15-17)30-22(24-19)26(9-8-25-10-12-28-13-11-25)21(27)14-16-4-2-3-5-18(16)23/h2-7,15H,8-14H2,1H3. The summed E-state index contributed by atoms with van der Waals surface area (Å²) in [5, 5.41) is 1.36. The van der Waals surface area contributed by atoms with Crippen molar-refractivity contribution in [3.05, 3.63) is 53.1 Å². The lowest BCUT2D eigenvalue weighted by Crippen LogP contribution is -2.43. The number of hydrogen-bond donors (Lipinski definition) is 0. The molecule has 158 valence electrons. The van der Waals surface area contributed by atoms with Gasteiger partial charge in [0, 0.05) is 36.1 Å². The molecule has 0 bridgehead atoms. The SMILES string of the molecule is CSc1ccc2nc(N(CCN3CCOCC3)C(=O)Cc3ccccc3Cl)sc2c1. The molecule has 2 heterocycles. The number of amides is 1. The summed E-state index contributed by atoms with van der Waals surface area (Å²) in [5.41, 5.74) is 1.76. The molecule has 0 aliphatic carbocycles. The number of anilines is 1. The van der Waals surface area contributed by atoms with Crippen molar-refractivity contribution in [3.63, 3.8) is 0 Å². The Labute approximate surface area is 190 Å². The van der Waals surface area contributed by atoms with E-state index in [0.717, 1.165) is 53.8 Å². The molecule has 4 rings (SSSR count). The molecule has 0 radical (unpaired) electrons. The molecule has 0 spiro atoms. The van der Waals surface area contributed by atoms with Gasteiger partial charge in [-0.15, -0.1) is 11.8 Å². The minimum Gasteiger partial charge on any atom is -0.379 e. The van der Waals surface area contributed by atoms with E-state index < -0.39 is 0 Å². The second-order valence-electron chi connectivity index (χ2n) is 7.10. The van der Waals surface area contributed by atoms with Crippen molar-refractivity contribution >= 4 is 56.0 Å². The van der Waals surface area contributed by atoms with E-state index in [1.54, 1.807) is 23.1 Å². The van der Waals surface area contributed by atoms with Gasteiger partial charge in [-0.3, -0.25) is 14.6 Å². The fourth-order valence-corrected chi connectivity index (χ4v) is 5.19. The molecule has 1 aliphatic heterocycles. The van der Waals surface area contributed by atoms with Crippen LogP contribution in [0.25, 0.3) is 10.2 Å². The number of carbonyl (C=O) groups is 1. The van der Waals surface area contributed by atoms with Crippen LogP contribution >= 0.6 is 34.7 Å². The summed E-state index contributed by atoms with van der Waals surface area (Å²) in [4.78, 5) is 23.4. The molecule has 1 aromatic heterocycles. The average Bonchev–Trinajstić information content (AvgIpc) is 3.19. The molecule has 5 nitrogen and oxygen atoms in total. The van der Waals surface area contributed by atoms with E-state index in [2.05, 4.69) is 23.3 Å². The first-order valence-electron chi connectivity index (χ1n) is 9.92. The first-order valence-corrected chi connectivity index (χ1v) is 12.3. The lowest BCUT2D eigenvalue weighted by molar-refractivity contribution is -0.118. The van der Waals surface area contributed by atoms with Crippen LogP contribution in [0.15, 0.2) is 47.4 Å². The summed E-state index contributed by atoms with van der Waals surface area (Å²) in [6.07, 6.45) is 2.32. The molecule has 3 aromatic rings. The van der Waals surface area contributed by atoms with Gasteiger partial charge in [0.15, 0.2) is 5.13 Å². The number of thiazole rings is 1. The predicted molar refractivity (Wildman–Crippen MR) is 126 cm³/mol. The summed E-state index contributed by atoms with van der Waals surface area (Å²) in [7, 11) is 0. The van der Waals surface area contributed by atoms with E-state index >= 15 is 0 Å². The number of carbonyl (C=O) groups excluding carboxylic acids is 1. The first-order chi connectivity index (χ1) is 14.6. The molecule has 1 saturated heterocycles. The van der Waals surface area contributed by atoms with Crippen LogP contribution in [-0.4, -0.2) is 61.4 Å². The third kappa shape index (κ3) is 5.15. The minimum atomic E-state index is 0.0144. The van der Waals surface area contributed by atoms with Gasteiger partial charge in [-0.1, -0.05) is 41.1 Å². The van der Waals surface area contributed by atoms with E-state index in [1.807, 2.05) is 35.2 Å². The van der Waals surface area contributed by atoms with Crippen molar-refractivity contribution in [3.8, 4) is 0 Å². The van der Waals surface area contributed by atoms with Gasteiger partial charge in [-0.25, -0.2) is 4.98 Å². The molecule has 2 aromatic carbocycles. The molecule has 0 atom stereocenters. The molecule has 8 heteroatoms. The fourth-order valence-electron chi connectivity index (χ4n) is 3.43. The highest BCUT2D eigenvalue weighted by Gasteiger charge is 2.22. The number of rotatable bonds is 7. The number of halogens is 1. The smallest absolute Gasteiger partial charge is 0.233 e. The second kappa shape index (κ2) is 10.1. The van der Waals surface area contributed by atoms with Gasteiger partial charge in [0.05, 0.1) is 29.9 Å². The fraction of sp³-hybridized carbons (Fsp3) is 0.364. The minimum absolute atomic E-state index is 0.0144. The summed E-state index contributed by atoms with van der Waals surface area (Å²) < 4.78 is 6.54. The lowest BCUT2D eigenvalue weighted by atomic mass is 10.1. The van der Waals surface area contributed by atoms with Crippen molar-refractivity contribution in [2.45, 2.75) is 11.3 Å². The average molecular weight is 462 g/mol. The number of benzene rings is 2. The Hall–Kier alpha value is -1.64. The molecule has 0 saturated carbocycles. The van der Waals surface area contributed by atoms with Gasteiger partial charge in [-0.05, 0) is 36.1 Å². The topological polar surface area (TPSA) is 45.7 Å². The molecular formula is C22H24ClN3O2S2. The van der Waals surface area contributed by atoms with Crippen molar-refractivity contribution in [1.82, 2.24) is 9.88 Å². The van der Waals surface area contributed by atoms with Crippen molar-refractivity contribution in [2.24, 2.45) is 0 Å². The van der Waals surface area contributed by atoms with Gasteiger partial charge >= 0.3 is 0 Å². The van der Waals surface area contributed by atoms with Gasteiger partial charge in [0.2, 0.25) is 5.91 Å². The van der Waals surface area contributed by atoms with Crippen LogP contribution in [0.3, 0.4) is 0 Å². The zero-order valence-electron chi connectivity index (χ0n) is 16.8. The highest BCUT2D eigenvalue weighted by atomic mass is 35.5. The number of nitrogens with zero attached hydrogens (tertiary/aromatic N) is 3. The molecule has 1 fully saturated rings. The Morgan fingerprint density at radius 1 is 1.27 bits per heavy atom. The number of aromatic nitrogens is 1. The first kappa shape index (κ1) is 21.6. The van der Waals surface area contributed by atoms with Crippen LogP contribution in [0.4, 0.5) is 5.13 Å². The van der Waals surface area contributed by atoms with E-state index in [1.165, 1.54) is 4.90 Å². The van der Waals surface area contributed by atoms with E-state index in [9.17, 15) is 4.79 Å². The van der Waals surface area contributed by atoms with Crippen LogP contribution in [0.1, 0.15) is 5.56 Å². The maximum atomic E-state index is 13.3. The normalized spacial score (nSPS) is 14.9. The third-order valence-electron chi connectivity index (χ3n) is 5.16.